The maximum Gasteiger partial charge on any atom is 0.337 e. The lowest BCUT2D eigenvalue weighted by Gasteiger charge is -2.25. The van der Waals surface area contributed by atoms with Crippen LogP contribution in [0.15, 0.2) is 17.5 Å². The average Bonchev–Trinajstić information content (AvgIpc) is 3.20. The van der Waals surface area contributed by atoms with Gasteiger partial charge in [-0.15, -0.1) is 0 Å². The first-order valence-electron chi connectivity index (χ1n) is 8.58. The molecule has 3 rings (SSSR count). The fraction of sp³-hybridized carbons (Fsp3) is 0.353. The van der Waals surface area contributed by atoms with Crippen LogP contribution in [-0.4, -0.2) is 60.8 Å². The molecule has 30 heavy (non-hydrogen) atoms. The molecule has 1 atom stereocenters. The zero-order valence-electron chi connectivity index (χ0n) is 16.1. The smallest absolute Gasteiger partial charge is 0.337 e. The summed E-state index contributed by atoms with van der Waals surface area (Å²) >= 11 is 0.666. The molecule has 1 aliphatic rings. The molecule has 0 fully saturated rings. The summed E-state index contributed by atoms with van der Waals surface area (Å²) in [6.45, 7) is 1.96. The average molecular weight is 455 g/mol. The van der Waals surface area contributed by atoms with Crippen molar-refractivity contribution in [2.75, 3.05) is 25.7 Å². The van der Waals surface area contributed by atoms with E-state index in [0.29, 0.717) is 16.2 Å². The molecule has 2 amide bonds. The molecule has 0 unspecified atom stereocenters. The molecule has 0 N–H and O–H groups in total. The van der Waals surface area contributed by atoms with Crippen LogP contribution < -0.4 is 9.47 Å². The number of fused-ring (bicyclic) bond motifs is 1. The van der Waals surface area contributed by atoms with E-state index in [1.54, 1.807) is 6.92 Å². The van der Waals surface area contributed by atoms with Crippen molar-refractivity contribution in [3.8, 4) is 11.6 Å². The number of rotatable bonds is 8. The van der Waals surface area contributed by atoms with E-state index in [-0.39, 0.29) is 35.1 Å². The van der Waals surface area contributed by atoms with E-state index in [2.05, 4.69) is 4.98 Å². The van der Waals surface area contributed by atoms with Crippen molar-refractivity contribution >= 4 is 38.0 Å². The van der Waals surface area contributed by atoms with E-state index in [4.69, 9.17) is 9.47 Å². The Morgan fingerprint density at radius 1 is 1.30 bits per heavy atom. The van der Waals surface area contributed by atoms with Gasteiger partial charge in [0, 0.05) is 11.6 Å². The second-order valence-corrected chi connectivity index (χ2v) is 9.39. The molecule has 0 aromatic carbocycles. The quantitative estimate of drug-likeness (QED) is 0.330. The van der Waals surface area contributed by atoms with Gasteiger partial charge in [0.2, 0.25) is 0 Å². The normalized spacial score (nSPS) is 14.6. The van der Waals surface area contributed by atoms with Gasteiger partial charge in [0.25, 0.3) is 17.7 Å². The topological polar surface area (TPSA) is 146 Å². The van der Waals surface area contributed by atoms with E-state index >= 15 is 0 Å². The first kappa shape index (κ1) is 21.6. The van der Waals surface area contributed by atoms with Crippen LogP contribution in [-0.2, 0) is 9.84 Å². The zero-order valence-corrected chi connectivity index (χ0v) is 17.8. The minimum atomic E-state index is -3.68. The predicted octanol–water partition coefficient (Wildman–Crippen LogP) is 1.84. The molecular formula is C17H17N3O8S2. The highest BCUT2D eigenvalue weighted by Gasteiger charge is 2.47. The minimum absolute atomic E-state index is 0.0651. The van der Waals surface area contributed by atoms with Crippen molar-refractivity contribution in [2.24, 2.45) is 0 Å². The lowest BCUT2D eigenvalue weighted by atomic mass is 10.1. The maximum atomic E-state index is 13.0. The molecule has 160 valence electrons. The Labute approximate surface area is 175 Å². The van der Waals surface area contributed by atoms with Crippen LogP contribution in [0.2, 0.25) is 0 Å². The summed E-state index contributed by atoms with van der Waals surface area (Å²) in [5.41, 5.74) is -0.399. The van der Waals surface area contributed by atoms with Crippen LogP contribution in [0.25, 0.3) is 0 Å². The zero-order chi connectivity index (χ0) is 22.2. The molecule has 0 saturated heterocycles. The Kier molecular flexibility index (Phi) is 5.76. The van der Waals surface area contributed by atoms with Gasteiger partial charge in [-0.3, -0.25) is 24.6 Å². The van der Waals surface area contributed by atoms with Gasteiger partial charge in [0.1, 0.15) is 15.4 Å². The number of amides is 2. The Morgan fingerprint density at radius 2 is 2.00 bits per heavy atom. The van der Waals surface area contributed by atoms with E-state index in [1.807, 2.05) is 0 Å². The number of carbonyl (C=O) groups excluding carboxylic acids is 2. The standard InChI is InChI=1S/C17H17N3O8S2/c1-4-28-14-12(27-2)6-5-10(18-14)11(8-30(3,25)26)19-15(21)9-7-29-17(20(23)24)13(9)16(19)22/h5-7,11H,4,8H2,1-3H3/t11-/m1/s1. The molecule has 1 aliphatic heterocycles. The van der Waals surface area contributed by atoms with Crippen molar-refractivity contribution in [3.05, 3.63) is 44.4 Å². The fourth-order valence-electron chi connectivity index (χ4n) is 3.07. The van der Waals surface area contributed by atoms with Gasteiger partial charge < -0.3 is 9.47 Å². The van der Waals surface area contributed by atoms with Gasteiger partial charge in [0.15, 0.2) is 5.75 Å². The van der Waals surface area contributed by atoms with Gasteiger partial charge in [0.05, 0.1) is 41.7 Å². The third kappa shape index (κ3) is 3.85. The first-order chi connectivity index (χ1) is 14.1. The van der Waals surface area contributed by atoms with Crippen molar-refractivity contribution < 1.29 is 32.4 Å². The highest BCUT2D eigenvalue weighted by molar-refractivity contribution is 7.90. The van der Waals surface area contributed by atoms with Gasteiger partial charge in [-0.05, 0) is 19.1 Å². The number of sulfone groups is 1. The number of pyridine rings is 1. The number of methoxy groups -OCH3 is 1. The Hall–Kier alpha value is -3.06. The SMILES string of the molecule is CCOc1nc([C@@H](CS(C)(=O)=O)N2C(=O)c3csc([N+](=O)[O-])c3C2=O)ccc1OC. The number of nitro groups is 1. The molecule has 0 radical (unpaired) electrons. The van der Waals surface area contributed by atoms with E-state index in [0.717, 1.165) is 6.26 Å². The van der Waals surface area contributed by atoms with Crippen molar-refractivity contribution in [2.45, 2.75) is 13.0 Å². The van der Waals surface area contributed by atoms with E-state index < -0.39 is 43.4 Å². The number of hydrogen-bond acceptors (Lipinski definition) is 10. The number of nitrogens with zero attached hydrogens (tertiary/aromatic N) is 3. The van der Waals surface area contributed by atoms with Crippen LogP contribution in [0.4, 0.5) is 5.00 Å². The summed E-state index contributed by atoms with van der Waals surface area (Å²) < 4.78 is 34.7. The second-order valence-electron chi connectivity index (χ2n) is 6.35. The molecule has 11 nitrogen and oxygen atoms in total. The van der Waals surface area contributed by atoms with E-state index in [1.165, 1.54) is 24.6 Å². The molecule has 0 bridgehead atoms. The Bertz CT molecular complexity index is 1140. The number of hydrogen-bond donors (Lipinski definition) is 0. The van der Waals surface area contributed by atoms with Gasteiger partial charge in [-0.2, -0.15) is 0 Å². The van der Waals surface area contributed by atoms with Gasteiger partial charge in [-0.1, -0.05) is 11.3 Å². The summed E-state index contributed by atoms with van der Waals surface area (Å²) in [6.07, 6.45) is 0.954. The molecule has 2 aromatic rings. The predicted molar refractivity (Wildman–Crippen MR) is 106 cm³/mol. The van der Waals surface area contributed by atoms with E-state index in [9.17, 15) is 28.1 Å². The summed E-state index contributed by atoms with van der Waals surface area (Å²) in [6, 6.07) is 1.59. The lowest BCUT2D eigenvalue weighted by Crippen LogP contribution is -2.38. The van der Waals surface area contributed by atoms with Gasteiger partial charge >= 0.3 is 5.00 Å². The van der Waals surface area contributed by atoms with Crippen molar-refractivity contribution in [1.29, 1.82) is 0 Å². The van der Waals surface area contributed by atoms with Gasteiger partial charge in [-0.25, -0.2) is 13.4 Å². The monoisotopic (exact) mass is 455 g/mol. The summed E-state index contributed by atoms with van der Waals surface area (Å²) in [5.74, 6) is -2.02. The number of carbonyl (C=O) groups is 2. The number of ether oxygens (including phenoxy) is 2. The Morgan fingerprint density at radius 3 is 2.57 bits per heavy atom. The van der Waals surface area contributed by atoms with Crippen molar-refractivity contribution in [3.63, 3.8) is 0 Å². The number of thiophene rings is 1. The van der Waals surface area contributed by atoms with Crippen molar-refractivity contribution in [1.82, 2.24) is 9.88 Å². The number of aromatic nitrogens is 1. The second kappa shape index (κ2) is 7.99. The van der Waals surface area contributed by atoms with Crippen LogP contribution in [0, 0.1) is 10.1 Å². The molecule has 0 saturated carbocycles. The maximum absolute atomic E-state index is 13.0. The minimum Gasteiger partial charge on any atom is -0.491 e. The third-order valence-corrected chi connectivity index (χ3v) is 6.13. The first-order valence-corrected chi connectivity index (χ1v) is 11.5. The lowest BCUT2D eigenvalue weighted by molar-refractivity contribution is -0.380. The molecule has 0 aliphatic carbocycles. The highest BCUT2D eigenvalue weighted by atomic mass is 32.2. The van der Waals surface area contributed by atoms with Crippen LogP contribution >= 0.6 is 11.3 Å². The van der Waals surface area contributed by atoms with Crippen LogP contribution in [0.5, 0.6) is 11.6 Å². The number of imide groups is 1. The summed E-state index contributed by atoms with van der Waals surface area (Å²) in [7, 11) is -2.28. The van der Waals surface area contributed by atoms with Crippen LogP contribution in [0.1, 0.15) is 39.4 Å². The molecule has 2 aromatic heterocycles. The highest BCUT2D eigenvalue weighted by Crippen LogP contribution is 2.40. The molecular weight excluding hydrogens is 438 g/mol. The molecule has 0 spiro atoms. The summed E-state index contributed by atoms with van der Waals surface area (Å²) in [5, 5.41) is 12.0. The third-order valence-electron chi connectivity index (χ3n) is 4.28. The molecule has 3 heterocycles. The largest absolute Gasteiger partial charge is 0.491 e. The Balaban J connectivity index is 2.12. The van der Waals surface area contributed by atoms with Crippen LogP contribution in [0.3, 0.4) is 0 Å². The fourth-order valence-corrected chi connectivity index (χ4v) is 4.82. The summed E-state index contributed by atoms with van der Waals surface area (Å²) in [4.78, 5) is 41.3. The molecule has 13 heteroatoms.